The van der Waals surface area contributed by atoms with Gasteiger partial charge in [-0.1, -0.05) is 12.6 Å². The van der Waals surface area contributed by atoms with Crippen LogP contribution in [-0.4, -0.2) is 11.9 Å². The SMILES string of the molecule is C=C(C)C(=O)Oc1cccc(NC(C)=O)c1. The van der Waals surface area contributed by atoms with E-state index in [2.05, 4.69) is 11.9 Å². The molecule has 84 valence electrons. The van der Waals surface area contributed by atoms with Gasteiger partial charge in [-0.2, -0.15) is 0 Å². The van der Waals surface area contributed by atoms with Crippen molar-refractivity contribution in [1.29, 1.82) is 0 Å². The Morgan fingerprint density at radius 3 is 2.56 bits per heavy atom. The van der Waals surface area contributed by atoms with Gasteiger partial charge in [-0.3, -0.25) is 4.79 Å². The van der Waals surface area contributed by atoms with E-state index < -0.39 is 5.97 Å². The number of rotatable bonds is 3. The smallest absolute Gasteiger partial charge is 0.338 e. The predicted octanol–water partition coefficient (Wildman–Crippen LogP) is 2.13. The van der Waals surface area contributed by atoms with E-state index in [1.54, 1.807) is 31.2 Å². The molecule has 0 bridgehead atoms. The number of carbonyl (C=O) groups is 2. The van der Waals surface area contributed by atoms with Gasteiger partial charge in [0.15, 0.2) is 0 Å². The summed E-state index contributed by atoms with van der Waals surface area (Å²) in [4.78, 5) is 22.1. The number of carbonyl (C=O) groups excluding carboxylic acids is 2. The molecule has 1 N–H and O–H groups in total. The summed E-state index contributed by atoms with van der Waals surface area (Å²) in [5.74, 6) is -0.289. The van der Waals surface area contributed by atoms with Crippen LogP contribution in [0.5, 0.6) is 5.75 Å². The molecule has 0 aromatic heterocycles. The lowest BCUT2D eigenvalue weighted by atomic mass is 10.3. The van der Waals surface area contributed by atoms with Crippen LogP contribution >= 0.6 is 0 Å². The fourth-order valence-corrected chi connectivity index (χ4v) is 1.03. The van der Waals surface area contributed by atoms with Crippen LogP contribution < -0.4 is 10.1 Å². The molecule has 0 saturated heterocycles. The largest absolute Gasteiger partial charge is 0.423 e. The maximum atomic E-state index is 11.2. The topological polar surface area (TPSA) is 55.4 Å². The average Bonchev–Trinajstić information content (AvgIpc) is 2.16. The van der Waals surface area contributed by atoms with Crippen molar-refractivity contribution in [2.24, 2.45) is 0 Å². The molecular formula is C12H13NO3. The number of amides is 1. The summed E-state index contributed by atoms with van der Waals surface area (Å²) in [5.41, 5.74) is 0.907. The fourth-order valence-electron chi connectivity index (χ4n) is 1.03. The highest BCUT2D eigenvalue weighted by Crippen LogP contribution is 2.18. The van der Waals surface area contributed by atoms with E-state index in [1.165, 1.54) is 6.92 Å². The minimum atomic E-state index is -0.486. The first kappa shape index (κ1) is 12.0. The molecule has 1 aromatic rings. The van der Waals surface area contributed by atoms with Crippen LogP contribution in [0.1, 0.15) is 13.8 Å². The molecule has 0 aliphatic carbocycles. The Morgan fingerprint density at radius 2 is 2.00 bits per heavy atom. The molecular weight excluding hydrogens is 206 g/mol. The van der Waals surface area contributed by atoms with E-state index in [1.807, 2.05) is 0 Å². The van der Waals surface area contributed by atoms with Gasteiger partial charge in [0, 0.05) is 24.3 Å². The fraction of sp³-hybridized carbons (Fsp3) is 0.167. The third-order valence-corrected chi connectivity index (χ3v) is 1.71. The number of benzene rings is 1. The van der Waals surface area contributed by atoms with Gasteiger partial charge >= 0.3 is 5.97 Å². The van der Waals surface area contributed by atoms with E-state index in [4.69, 9.17) is 4.74 Å². The highest BCUT2D eigenvalue weighted by Gasteiger charge is 2.05. The molecule has 4 heteroatoms. The molecule has 0 atom stereocenters. The highest BCUT2D eigenvalue weighted by molar-refractivity contribution is 5.90. The number of hydrogen-bond acceptors (Lipinski definition) is 3. The van der Waals surface area contributed by atoms with Crippen molar-refractivity contribution in [3.05, 3.63) is 36.4 Å². The lowest BCUT2D eigenvalue weighted by molar-refractivity contribution is -0.130. The van der Waals surface area contributed by atoms with Crippen LogP contribution in [0, 0.1) is 0 Å². The molecule has 1 rings (SSSR count). The van der Waals surface area contributed by atoms with Crippen LogP contribution in [0.15, 0.2) is 36.4 Å². The summed E-state index contributed by atoms with van der Waals surface area (Å²) in [6.07, 6.45) is 0. The molecule has 0 saturated carbocycles. The normalized spacial score (nSPS) is 9.38. The second-order valence-corrected chi connectivity index (χ2v) is 3.38. The quantitative estimate of drug-likeness (QED) is 0.481. The molecule has 1 aromatic carbocycles. The summed E-state index contributed by atoms with van der Waals surface area (Å²) in [7, 11) is 0. The number of hydrogen-bond donors (Lipinski definition) is 1. The molecule has 0 aliphatic rings. The van der Waals surface area contributed by atoms with E-state index in [0.717, 1.165) is 0 Å². The van der Waals surface area contributed by atoms with Gasteiger partial charge in [0.05, 0.1) is 0 Å². The predicted molar refractivity (Wildman–Crippen MR) is 61.2 cm³/mol. The third-order valence-electron chi connectivity index (χ3n) is 1.71. The lowest BCUT2D eigenvalue weighted by Crippen LogP contribution is -2.09. The zero-order chi connectivity index (χ0) is 12.1. The van der Waals surface area contributed by atoms with Crippen molar-refractivity contribution >= 4 is 17.6 Å². The summed E-state index contributed by atoms with van der Waals surface area (Å²) < 4.78 is 5.01. The minimum Gasteiger partial charge on any atom is -0.423 e. The van der Waals surface area contributed by atoms with E-state index in [0.29, 0.717) is 17.0 Å². The van der Waals surface area contributed by atoms with Gasteiger partial charge in [-0.05, 0) is 19.1 Å². The Kier molecular flexibility index (Phi) is 3.83. The summed E-state index contributed by atoms with van der Waals surface area (Å²) >= 11 is 0. The Bertz CT molecular complexity index is 438. The summed E-state index contributed by atoms with van der Waals surface area (Å²) in [6, 6.07) is 6.60. The Morgan fingerprint density at radius 1 is 1.31 bits per heavy atom. The van der Waals surface area contributed by atoms with Gasteiger partial charge in [-0.15, -0.1) is 0 Å². The van der Waals surface area contributed by atoms with Crippen LogP contribution in [0.3, 0.4) is 0 Å². The monoisotopic (exact) mass is 219 g/mol. The third kappa shape index (κ3) is 3.57. The molecule has 0 heterocycles. The van der Waals surface area contributed by atoms with E-state index >= 15 is 0 Å². The number of nitrogens with one attached hydrogen (secondary N) is 1. The second kappa shape index (κ2) is 5.11. The molecule has 1 amide bonds. The van der Waals surface area contributed by atoms with Crippen molar-refractivity contribution in [2.45, 2.75) is 13.8 Å². The van der Waals surface area contributed by atoms with E-state index in [-0.39, 0.29) is 5.91 Å². The van der Waals surface area contributed by atoms with Gasteiger partial charge < -0.3 is 10.1 Å². The standard InChI is InChI=1S/C12H13NO3/c1-8(2)12(15)16-11-6-4-5-10(7-11)13-9(3)14/h4-7H,1H2,2-3H3,(H,13,14). The Hall–Kier alpha value is -2.10. The van der Waals surface area contributed by atoms with Crippen molar-refractivity contribution in [2.75, 3.05) is 5.32 Å². The first-order valence-electron chi connectivity index (χ1n) is 4.74. The zero-order valence-electron chi connectivity index (χ0n) is 9.24. The van der Waals surface area contributed by atoms with Gasteiger partial charge in [0.2, 0.25) is 5.91 Å². The van der Waals surface area contributed by atoms with Crippen molar-refractivity contribution in [3.8, 4) is 5.75 Å². The first-order chi connectivity index (χ1) is 7.49. The van der Waals surface area contributed by atoms with Crippen LogP contribution in [0.2, 0.25) is 0 Å². The first-order valence-corrected chi connectivity index (χ1v) is 4.74. The molecule has 0 fully saturated rings. The van der Waals surface area contributed by atoms with Crippen molar-refractivity contribution < 1.29 is 14.3 Å². The molecule has 0 unspecified atom stereocenters. The molecule has 16 heavy (non-hydrogen) atoms. The molecule has 0 aliphatic heterocycles. The number of anilines is 1. The number of ether oxygens (including phenoxy) is 1. The Balaban J connectivity index is 2.78. The lowest BCUT2D eigenvalue weighted by Gasteiger charge is -2.06. The molecule has 0 spiro atoms. The van der Waals surface area contributed by atoms with E-state index in [9.17, 15) is 9.59 Å². The van der Waals surface area contributed by atoms with Crippen LogP contribution in [0.25, 0.3) is 0 Å². The maximum absolute atomic E-state index is 11.2. The summed E-state index contributed by atoms with van der Waals surface area (Å²) in [5, 5.41) is 2.59. The van der Waals surface area contributed by atoms with Gasteiger partial charge in [0.1, 0.15) is 5.75 Å². The van der Waals surface area contributed by atoms with Crippen molar-refractivity contribution in [1.82, 2.24) is 0 Å². The average molecular weight is 219 g/mol. The molecule has 0 radical (unpaired) electrons. The number of esters is 1. The second-order valence-electron chi connectivity index (χ2n) is 3.38. The zero-order valence-corrected chi connectivity index (χ0v) is 9.24. The van der Waals surface area contributed by atoms with Gasteiger partial charge in [0.25, 0.3) is 0 Å². The molecule has 4 nitrogen and oxygen atoms in total. The van der Waals surface area contributed by atoms with Crippen LogP contribution in [-0.2, 0) is 9.59 Å². The highest BCUT2D eigenvalue weighted by atomic mass is 16.5. The van der Waals surface area contributed by atoms with Gasteiger partial charge in [-0.25, -0.2) is 4.79 Å². The maximum Gasteiger partial charge on any atom is 0.338 e. The van der Waals surface area contributed by atoms with Crippen LogP contribution in [0.4, 0.5) is 5.69 Å². The van der Waals surface area contributed by atoms with Crippen molar-refractivity contribution in [3.63, 3.8) is 0 Å². The summed E-state index contributed by atoms with van der Waals surface area (Å²) in [6.45, 7) is 6.46. The minimum absolute atomic E-state index is 0.177. The Labute approximate surface area is 93.9 Å².